The number of rotatable bonds is 7. The Morgan fingerprint density at radius 2 is 2.03 bits per heavy atom. The fourth-order valence-electron chi connectivity index (χ4n) is 4.30. The molecule has 10 heteroatoms. The third-order valence-corrected chi connectivity index (χ3v) is 5.98. The number of hydrogen-bond acceptors (Lipinski definition) is 9. The molecule has 0 spiro atoms. The molecule has 0 amide bonds. The van der Waals surface area contributed by atoms with Crippen LogP contribution in [0.2, 0.25) is 0 Å². The van der Waals surface area contributed by atoms with Gasteiger partial charge in [0.1, 0.15) is 0 Å². The summed E-state index contributed by atoms with van der Waals surface area (Å²) in [4.78, 5) is 34.6. The van der Waals surface area contributed by atoms with Crippen molar-refractivity contribution in [1.82, 2.24) is 14.8 Å². The molecule has 1 atom stereocenters. The van der Waals surface area contributed by atoms with Crippen LogP contribution in [0.15, 0.2) is 17.5 Å². The van der Waals surface area contributed by atoms with Crippen LogP contribution in [0.1, 0.15) is 51.0 Å². The van der Waals surface area contributed by atoms with Crippen molar-refractivity contribution >= 4 is 34.4 Å². The van der Waals surface area contributed by atoms with Crippen LogP contribution in [0.25, 0.3) is 11.0 Å². The van der Waals surface area contributed by atoms with Gasteiger partial charge >= 0.3 is 11.9 Å². The zero-order chi connectivity index (χ0) is 22.0. The van der Waals surface area contributed by atoms with E-state index < -0.39 is 17.5 Å². The Bertz CT molecular complexity index is 1030. The first-order valence-corrected chi connectivity index (χ1v) is 10.5. The molecule has 10 nitrogen and oxygen atoms in total. The number of methoxy groups -OCH3 is 2. The predicted octanol–water partition coefficient (Wildman–Crippen LogP) is 2.41. The minimum atomic E-state index is -1.55. The van der Waals surface area contributed by atoms with Gasteiger partial charge in [-0.2, -0.15) is 5.10 Å². The van der Waals surface area contributed by atoms with E-state index in [0.717, 1.165) is 35.1 Å². The van der Waals surface area contributed by atoms with Gasteiger partial charge < -0.3 is 19.6 Å². The molecule has 0 aromatic carbocycles. The van der Waals surface area contributed by atoms with E-state index in [1.807, 2.05) is 11.6 Å². The van der Waals surface area contributed by atoms with Gasteiger partial charge in [-0.05, 0) is 19.8 Å². The first-order chi connectivity index (χ1) is 15.0. The molecule has 31 heavy (non-hydrogen) atoms. The molecule has 166 valence electrons. The minimum Gasteiger partial charge on any atom is -0.469 e. The Labute approximate surface area is 179 Å². The number of fused-ring (bicyclic) bond motifs is 1. The highest BCUT2D eigenvalue weighted by atomic mass is 16.7. The summed E-state index contributed by atoms with van der Waals surface area (Å²) in [6, 6.07) is 0.345. The van der Waals surface area contributed by atoms with Gasteiger partial charge in [-0.3, -0.25) is 4.79 Å². The molecule has 1 unspecified atom stereocenters. The van der Waals surface area contributed by atoms with Crippen molar-refractivity contribution in [1.29, 1.82) is 0 Å². The van der Waals surface area contributed by atoms with Gasteiger partial charge in [0.05, 0.1) is 43.6 Å². The number of anilines is 1. The Balaban J connectivity index is 1.73. The monoisotopic (exact) mass is 429 g/mol. The smallest absolute Gasteiger partial charge is 0.354 e. The molecule has 0 bridgehead atoms. The van der Waals surface area contributed by atoms with Gasteiger partial charge in [-0.1, -0.05) is 18.0 Å². The van der Waals surface area contributed by atoms with Gasteiger partial charge in [0.15, 0.2) is 5.65 Å². The second-order valence-electron chi connectivity index (χ2n) is 7.92. The van der Waals surface area contributed by atoms with Gasteiger partial charge in [-0.15, -0.1) is 0 Å². The zero-order valence-corrected chi connectivity index (χ0v) is 18.0. The van der Waals surface area contributed by atoms with Crippen molar-refractivity contribution in [3.8, 4) is 0 Å². The molecular formula is C21H27N5O5. The summed E-state index contributed by atoms with van der Waals surface area (Å²) >= 11 is 0. The first kappa shape index (κ1) is 21.1. The standard InChI is InChI=1S/C21H27N5O5/c1-4-26-19-15(12-23-26)18(24-13-7-5-6-8-13)14(11-22-19)16-9-21(31-25-16,20(28)30-3)10-17(27)29-2/h11-13H,4-10H2,1-3H3,(H,22,24). The summed E-state index contributed by atoms with van der Waals surface area (Å²) in [5.41, 5.74) is 1.35. The quantitative estimate of drug-likeness (QED) is 0.667. The fraction of sp³-hybridized carbons (Fsp3) is 0.571. The van der Waals surface area contributed by atoms with Crippen molar-refractivity contribution in [3.63, 3.8) is 0 Å². The van der Waals surface area contributed by atoms with E-state index in [0.29, 0.717) is 18.3 Å². The van der Waals surface area contributed by atoms with Gasteiger partial charge in [-0.25, -0.2) is 14.5 Å². The molecule has 1 aliphatic heterocycles. The summed E-state index contributed by atoms with van der Waals surface area (Å²) in [6.45, 7) is 2.71. The van der Waals surface area contributed by atoms with Crippen LogP contribution >= 0.6 is 0 Å². The number of ether oxygens (including phenoxy) is 2. The number of oxime groups is 1. The largest absolute Gasteiger partial charge is 0.469 e. The van der Waals surface area contributed by atoms with E-state index in [9.17, 15) is 9.59 Å². The topological polar surface area (TPSA) is 117 Å². The van der Waals surface area contributed by atoms with Gasteiger partial charge in [0, 0.05) is 30.8 Å². The molecule has 4 rings (SSSR count). The normalized spacial score (nSPS) is 21.1. The Morgan fingerprint density at radius 3 is 2.71 bits per heavy atom. The maximum Gasteiger partial charge on any atom is 0.354 e. The number of hydrogen-bond donors (Lipinski definition) is 1. The third-order valence-electron chi connectivity index (χ3n) is 5.98. The summed E-state index contributed by atoms with van der Waals surface area (Å²) in [7, 11) is 2.51. The van der Waals surface area contributed by atoms with Crippen LogP contribution in [0.4, 0.5) is 5.69 Å². The molecule has 1 saturated carbocycles. The molecular weight excluding hydrogens is 402 g/mol. The predicted molar refractivity (Wildman–Crippen MR) is 113 cm³/mol. The Hall–Kier alpha value is -3.17. The van der Waals surface area contributed by atoms with E-state index >= 15 is 0 Å². The Morgan fingerprint density at radius 1 is 1.26 bits per heavy atom. The van der Waals surface area contributed by atoms with Crippen molar-refractivity contribution in [2.75, 3.05) is 19.5 Å². The SMILES string of the molecule is CCn1ncc2c(NC3CCCC3)c(C3=NOC(CC(=O)OC)(C(=O)OC)C3)cnc21. The van der Waals surface area contributed by atoms with Gasteiger partial charge in [0.25, 0.3) is 0 Å². The maximum absolute atomic E-state index is 12.5. The van der Waals surface area contributed by atoms with E-state index in [2.05, 4.69) is 20.6 Å². The first-order valence-electron chi connectivity index (χ1n) is 10.5. The highest BCUT2D eigenvalue weighted by Crippen LogP contribution is 2.37. The van der Waals surface area contributed by atoms with Crippen LogP contribution in [0.5, 0.6) is 0 Å². The highest BCUT2D eigenvalue weighted by molar-refractivity contribution is 6.12. The number of nitrogens with zero attached hydrogens (tertiary/aromatic N) is 4. The average Bonchev–Trinajstić information content (AvgIpc) is 3.53. The average molecular weight is 429 g/mol. The van der Waals surface area contributed by atoms with Crippen LogP contribution < -0.4 is 5.32 Å². The molecule has 1 fully saturated rings. The summed E-state index contributed by atoms with van der Waals surface area (Å²) in [5, 5.41) is 13.2. The highest BCUT2D eigenvalue weighted by Gasteiger charge is 2.50. The van der Waals surface area contributed by atoms with Crippen LogP contribution in [-0.2, 0) is 30.4 Å². The van der Waals surface area contributed by atoms with Crippen LogP contribution in [0.3, 0.4) is 0 Å². The zero-order valence-electron chi connectivity index (χ0n) is 18.0. The van der Waals surface area contributed by atoms with E-state index in [1.54, 1.807) is 12.4 Å². The molecule has 2 aromatic rings. The molecule has 3 heterocycles. The van der Waals surface area contributed by atoms with Crippen molar-refractivity contribution in [2.45, 2.75) is 63.6 Å². The second-order valence-corrected chi connectivity index (χ2v) is 7.92. The lowest BCUT2D eigenvalue weighted by molar-refractivity contribution is -0.173. The van der Waals surface area contributed by atoms with Crippen molar-refractivity contribution in [3.05, 3.63) is 18.0 Å². The molecule has 1 aliphatic carbocycles. The lowest BCUT2D eigenvalue weighted by Gasteiger charge is -2.22. The third kappa shape index (κ3) is 3.82. The number of aromatic nitrogens is 3. The number of carbonyl (C=O) groups excluding carboxylic acids is 2. The summed E-state index contributed by atoms with van der Waals surface area (Å²) < 4.78 is 11.5. The van der Waals surface area contributed by atoms with E-state index in [4.69, 9.17) is 14.3 Å². The molecule has 0 saturated heterocycles. The summed E-state index contributed by atoms with van der Waals surface area (Å²) in [6.07, 6.45) is 7.84. The van der Waals surface area contributed by atoms with Gasteiger partial charge in [0.2, 0.25) is 5.60 Å². The number of esters is 2. The Kier molecular flexibility index (Phi) is 5.79. The number of aryl methyl sites for hydroxylation is 1. The van der Waals surface area contributed by atoms with Crippen molar-refractivity contribution < 1.29 is 23.9 Å². The lowest BCUT2D eigenvalue weighted by Crippen LogP contribution is -2.42. The fourth-order valence-corrected chi connectivity index (χ4v) is 4.30. The van der Waals surface area contributed by atoms with E-state index in [1.165, 1.54) is 27.1 Å². The second kappa shape index (κ2) is 8.52. The molecule has 1 N–H and O–H groups in total. The van der Waals surface area contributed by atoms with Crippen LogP contribution in [0, 0.1) is 0 Å². The van der Waals surface area contributed by atoms with E-state index in [-0.39, 0.29) is 12.8 Å². The summed E-state index contributed by atoms with van der Waals surface area (Å²) in [5.74, 6) is -1.25. The number of pyridine rings is 1. The molecule has 2 aromatic heterocycles. The minimum absolute atomic E-state index is 0.0726. The molecule has 0 radical (unpaired) electrons. The van der Waals surface area contributed by atoms with Crippen molar-refractivity contribution in [2.24, 2.45) is 5.16 Å². The maximum atomic E-state index is 12.5. The number of carbonyl (C=O) groups is 2. The lowest BCUT2D eigenvalue weighted by atomic mass is 9.90. The number of nitrogens with one attached hydrogen (secondary N) is 1. The van der Waals surface area contributed by atoms with Crippen LogP contribution in [-0.4, -0.2) is 58.3 Å². The molecule has 2 aliphatic rings.